The summed E-state index contributed by atoms with van der Waals surface area (Å²) in [5, 5.41) is 0.440. The lowest BCUT2D eigenvalue weighted by Gasteiger charge is -2.26. The van der Waals surface area contributed by atoms with Crippen LogP contribution >= 0.6 is 11.8 Å². The molecule has 2 aromatic carbocycles. The molecule has 1 heterocycles. The lowest BCUT2D eigenvalue weighted by Crippen LogP contribution is -2.23. The van der Waals surface area contributed by atoms with Crippen molar-refractivity contribution in [3.8, 4) is 5.75 Å². The number of anilines is 1. The highest BCUT2D eigenvalue weighted by molar-refractivity contribution is 8.14. The zero-order valence-electron chi connectivity index (χ0n) is 18.3. The Bertz CT molecular complexity index is 1060. The van der Waals surface area contributed by atoms with Gasteiger partial charge in [-0.3, -0.25) is 0 Å². The van der Waals surface area contributed by atoms with Crippen LogP contribution in [0.1, 0.15) is 26.3 Å². The van der Waals surface area contributed by atoms with E-state index in [4.69, 9.17) is 4.74 Å². The first-order chi connectivity index (χ1) is 15.3. The van der Waals surface area contributed by atoms with E-state index in [2.05, 4.69) is 11.6 Å². The molecule has 0 atom stereocenters. The van der Waals surface area contributed by atoms with E-state index in [1.54, 1.807) is 12.1 Å². The van der Waals surface area contributed by atoms with Gasteiger partial charge in [0.1, 0.15) is 5.04 Å². The normalized spacial score (nSPS) is 14.5. The van der Waals surface area contributed by atoms with Gasteiger partial charge in [-0.1, -0.05) is 51.2 Å². The molecule has 3 rings (SSSR count). The summed E-state index contributed by atoms with van der Waals surface area (Å²) in [7, 11) is 0. The molecule has 0 spiro atoms. The Morgan fingerprint density at radius 3 is 2.18 bits per heavy atom. The van der Waals surface area contributed by atoms with Gasteiger partial charge in [-0.15, -0.1) is 0 Å². The van der Waals surface area contributed by atoms with Gasteiger partial charge in [0.2, 0.25) is 0 Å². The van der Waals surface area contributed by atoms with Crippen LogP contribution in [-0.2, 0) is 6.42 Å². The Morgan fingerprint density at radius 1 is 1.03 bits per heavy atom. The van der Waals surface area contributed by atoms with E-state index < -0.39 is 30.0 Å². The Balaban J connectivity index is 1.74. The molecule has 0 radical (unpaired) electrons. The highest BCUT2D eigenvalue weighted by atomic mass is 32.2. The molecule has 176 valence electrons. The fourth-order valence-corrected chi connectivity index (χ4v) is 3.72. The summed E-state index contributed by atoms with van der Waals surface area (Å²) in [6, 6.07) is 8.22. The van der Waals surface area contributed by atoms with Crippen molar-refractivity contribution >= 4 is 22.5 Å². The van der Waals surface area contributed by atoms with Gasteiger partial charge < -0.3 is 9.64 Å². The Hall–Kier alpha value is -2.81. The number of nitrogens with zero attached hydrogens (tertiary/aromatic N) is 2. The molecule has 3 nitrogen and oxygen atoms in total. The van der Waals surface area contributed by atoms with E-state index in [9.17, 15) is 22.0 Å². The first-order valence-corrected chi connectivity index (χ1v) is 10.8. The number of ether oxygens (including phenoxy) is 1. The minimum atomic E-state index is -4.28. The minimum Gasteiger partial charge on any atom is -0.487 e. The molecule has 0 saturated heterocycles. The van der Waals surface area contributed by atoms with Gasteiger partial charge >= 0.3 is 6.18 Å². The number of thioether (sulfide) groups is 1. The van der Waals surface area contributed by atoms with Crippen molar-refractivity contribution in [2.75, 3.05) is 11.5 Å². The van der Waals surface area contributed by atoms with Gasteiger partial charge in [-0.2, -0.15) is 13.2 Å². The van der Waals surface area contributed by atoms with Crippen molar-refractivity contribution in [3.63, 3.8) is 0 Å². The van der Waals surface area contributed by atoms with Gasteiger partial charge in [-0.05, 0) is 23.1 Å². The van der Waals surface area contributed by atoms with E-state index in [1.165, 1.54) is 41.2 Å². The van der Waals surface area contributed by atoms with Crippen LogP contribution in [0.25, 0.3) is 0 Å². The number of hydrogen-bond acceptors (Lipinski definition) is 4. The van der Waals surface area contributed by atoms with Gasteiger partial charge in [0.25, 0.3) is 0 Å². The van der Waals surface area contributed by atoms with Crippen LogP contribution in [0.15, 0.2) is 71.0 Å². The van der Waals surface area contributed by atoms with Crippen molar-refractivity contribution in [1.82, 2.24) is 0 Å². The van der Waals surface area contributed by atoms with Crippen molar-refractivity contribution in [2.24, 2.45) is 10.4 Å². The molecular weight excluding hydrogens is 459 g/mol. The van der Waals surface area contributed by atoms with E-state index >= 15 is 0 Å². The molecule has 2 aromatic rings. The fraction of sp³-hybridized carbons (Fsp3) is 0.292. The summed E-state index contributed by atoms with van der Waals surface area (Å²) in [5.41, 5.74) is 0.444. The van der Waals surface area contributed by atoms with Crippen LogP contribution in [0, 0.1) is 17.0 Å². The molecule has 0 N–H and O–H groups in total. The number of hydrogen-bond donors (Lipinski definition) is 0. The fourth-order valence-electron chi connectivity index (χ4n) is 2.89. The van der Waals surface area contributed by atoms with Gasteiger partial charge in [0.15, 0.2) is 17.4 Å². The van der Waals surface area contributed by atoms with E-state index in [1.807, 2.05) is 20.8 Å². The largest absolute Gasteiger partial charge is 0.487 e. The lowest BCUT2D eigenvalue weighted by atomic mass is 9.99. The first-order valence-electron chi connectivity index (χ1n) is 10.0. The monoisotopic (exact) mass is 482 g/mol. The second-order valence-corrected chi connectivity index (χ2v) is 9.74. The van der Waals surface area contributed by atoms with Crippen molar-refractivity contribution < 1.29 is 26.7 Å². The third kappa shape index (κ3) is 6.83. The smallest absolute Gasteiger partial charge is 0.393 e. The summed E-state index contributed by atoms with van der Waals surface area (Å²) >= 11 is 1.18. The lowest BCUT2D eigenvalue weighted by molar-refractivity contribution is -0.127. The maximum Gasteiger partial charge on any atom is 0.393 e. The van der Waals surface area contributed by atoms with Crippen LogP contribution in [-0.4, -0.2) is 17.8 Å². The van der Waals surface area contributed by atoms with Crippen LogP contribution in [0.5, 0.6) is 5.75 Å². The summed E-state index contributed by atoms with van der Waals surface area (Å²) < 4.78 is 72.2. The Morgan fingerprint density at radius 2 is 1.64 bits per heavy atom. The van der Waals surface area contributed by atoms with Crippen LogP contribution in [0.4, 0.5) is 27.6 Å². The van der Waals surface area contributed by atoms with E-state index in [-0.39, 0.29) is 23.3 Å². The molecule has 0 bridgehead atoms. The highest BCUT2D eigenvalue weighted by Crippen LogP contribution is 2.34. The molecule has 0 amide bonds. The predicted octanol–water partition coefficient (Wildman–Crippen LogP) is 7.49. The number of halogens is 5. The number of aliphatic imine (C=N–C) groups is 1. The van der Waals surface area contributed by atoms with E-state index in [0.717, 1.165) is 12.1 Å². The zero-order valence-corrected chi connectivity index (χ0v) is 19.2. The average molecular weight is 483 g/mol. The third-order valence-electron chi connectivity index (χ3n) is 4.40. The van der Waals surface area contributed by atoms with Gasteiger partial charge in [-0.25, -0.2) is 13.8 Å². The molecule has 1 aliphatic heterocycles. The molecule has 0 aromatic heterocycles. The van der Waals surface area contributed by atoms with E-state index in [0.29, 0.717) is 15.6 Å². The number of alkyl halides is 3. The van der Waals surface area contributed by atoms with Crippen molar-refractivity contribution in [2.45, 2.75) is 38.3 Å². The zero-order chi connectivity index (χ0) is 24.4. The second-order valence-electron chi connectivity index (χ2n) is 8.67. The quantitative estimate of drug-likeness (QED) is 0.413. The third-order valence-corrected chi connectivity index (χ3v) is 5.44. The molecule has 0 aliphatic carbocycles. The Labute approximate surface area is 193 Å². The number of benzene rings is 2. The minimum absolute atomic E-state index is 0.145. The molecule has 0 saturated carbocycles. The standard InChI is InChI=1S/C24H23F5N2OS/c1-15-22(33-18-7-5-16(6-8-18)13-24(27,28)29)30-9-10-31(15)17-11-19(25)21(20(26)12-17)32-14-23(2,3)4/h5-12H,1,13-14H2,2-4H3. The van der Waals surface area contributed by atoms with Crippen LogP contribution in [0.3, 0.4) is 0 Å². The van der Waals surface area contributed by atoms with Gasteiger partial charge in [0.05, 0.1) is 24.4 Å². The maximum atomic E-state index is 14.6. The second kappa shape index (κ2) is 9.59. The van der Waals surface area contributed by atoms with Gasteiger partial charge in [0, 0.05) is 29.4 Å². The van der Waals surface area contributed by atoms with Crippen LogP contribution in [0.2, 0.25) is 0 Å². The Kier molecular flexibility index (Phi) is 7.21. The molecule has 1 aliphatic rings. The van der Waals surface area contributed by atoms with Crippen molar-refractivity contribution in [3.05, 3.63) is 78.3 Å². The average Bonchev–Trinajstić information content (AvgIpc) is 2.68. The highest BCUT2D eigenvalue weighted by Gasteiger charge is 2.27. The molecule has 0 unspecified atom stereocenters. The summed E-state index contributed by atoms with van der Waals surface area (Å²) in [5.74, 6) is -2.12. The maximum absolute atomic E-state index is 14.6. The molecular formula is C24H23F5N2OS. The predicted molar refractivity (Wildman–Crippen MR) is 122 cm³/mol. The summed E-state index contributed by atoms with van der Waals surface area (Å²) in [6.07, 6.45) is -2.31. The molecule has 0 fully saturated rings. The first kappa shape index (κ1) is 24.8. The SMILES string of the molecule is C=C1C(Sc2ccc(CC(F)(F)F)cc2)=NC=CN1c1cc(F)c(OCC(C)(C)C)c(F)c1. The van der Waals surface area contributed by atoms with Crippen LogP contribution < -0.4 is 9.64 Å². The summed E-state index contributed by atoms with van der Waals surface area (Å²) in [6.45, 7) is 9.78. The summed E-state index contributed by atoms with van der Waals surface area (Å²) in [4.78, 5) is 6.38. The molecule has 9 heteroatoms. The number of rotatable bonds is 5. The molecule has 33 heavy (non-hydrogen) atoms. The topological polar surface area (TPSA) is 24.8 Å². The van der Waals surface area contributed by atoms with Crippen molar-refractivity contribution in [1.29, 1.82) is 0 Å².